The maximum Gasteiger partial charge on any atom is 0.238 e. The van der Waals surface area contributed by atoms with E-state index in [0.717, 1.165) is 82.7 Å². The van der Waals surface area contributed by atoms with Crippen LogP contribution >= 0.6 is 0 Å². The van der Waals surface area contributed by atoms with Crippen LogP contribution in [0, 0.1) is 0 Å². The lowest BCUT2D eigenvalue weighted by Gasteiger charge is -2.33. The number of aromatic nitrogens is 8. The molecule has 0 amide bonds. The van der Waals surface area contributed by atoms with E-state index >= 15 is 0 Å². The third-order valence-corrected chi connectivity index (χ3v) is 16.1. The average molecular weight is 1040 g/mol. The quantitative estimate of drug-likeness (QED) is 0.143. The van der Waals surface area contributed by atoms with E-state index in [4.69, 9.17) is 29.9 Å². The van der Waals surface area contributed by atoms with Crippen molar-refractivity contribution in [3.05, 3.63) is 301 Å². The fraction of sp³-hybridized carbons (Fsp3) is 0.0137. The van der Waals surface area contributed by atoms with Gasteiger partial charge in [0.2, 0.25) is 5.95 Å². The second-order valence-corrected chi connectivity index (χ2v) is 20.6. The summed E-state index contributed by atoms with van der Waals surface area (Å²) in [4.78, 5) is 31.9. The van der Waals surface area contributed by atoms with Crippen LogP contribution in [0.2, 0.25) is 0 Å². The summed E-state index contributed by atoms with van der Waals surface area (Å²) >= 11 is 0. The van der Waals surface area contributed by atoms with Crippen LogP contribution in [-0.2, 0) is 5.41 Å². The lowest BCUT2D eigenvalue weighted by molar-refractivity contribution is 0.768. The summed E-state index contributed by atoms with van der Waals surface area (Å²) in [6.45, 7) is 0. The summed E-state index contributed by atoms with van der Waals surface area (Å²) in [6, 6.07) is 98.1. The monoisotopic (exact) mass is 1030 g/mol. The standard InChI is InChI=1S/C73H46N8/c1-6-24-47(25-7-1)67-74-70(50-42-44-60-58(46-50)53-34-16-20-38-59(53)73(60,51-30-12-4-13-31-51)52-32-14-5-15-33-52)77-71(76-67)57-37-19-23-41-63(57)80-62-40-22-18-36-56(62)65-64(80)45-43-55-54-35-17-21-39-61(54)81(66(55)65)72-78-68(48-26-8-2-9-27-48)75-69(79-72)49-28-10-3-11-29-49/h1-46H. The number of para-hydroxylation sites is 3. The molecule has 0 unspecified atom stereocenters. The van der Waals surface area contributed by atoms with Crippen molar-refractivity contribution in [2.24, 2.45) is 0 Å². The minimum atomic E-state index is -0.533. The molecule has 0 fully saturated rings. The molecule has 16 rings (SSSR count). The van der Waals surface area contributed by atoms with Crippen LogP contribution in [0.5, 0.6) is 0 Å². The molecule has 8 heteroatoms. The van der Waals surface area contributed by atoms with Crippen LogP contribution < -0.4 is 0 Å². The highest BCUT2D eigenvalue weighted by atomic mass is 15.2. The van der Waals surface area contributed by atoms with Gasteiger partial charge in [0.1, 0.15) is 0 Å². The zero-order chi connectivity index (χ0) is 53.4. The first kappa shape index (κ1) is 46.2. The average Bonchev–Trinajstić information content (AvgIpc) is 2.73. The molecular weight excluding hydrogens is 989 g/mol. The van der Waals surface area contributed by atoms with Gasteiger partial charge in [0.25, 0.3) is 0 Å². The van der Waals surface area contributed by atoms with Gasteiger partial charge < -0.3 is 4.57 Å². The van der Waals surface area contributed by atoms with Crippen molar-refractivity contribution in [2.45, 2.75) is 5.41 Å². The maximum absolute atomic E-state index is 5.50. The summed E-state index contributed by atoms with van der Waals surface area (Å²) in [5.74, 6) is 3.46. The first-order chi connectivity index (χ1) is 40.2. The Morgan fingerprint density at radius 1 is 0.272 bits per heavy atom. The lowest BCUT2D eigenvalue weighted by atomic mass is 9.67. The van der Waals surface area contributed by atoms with Crippen LogP contribution in [0.3, 0.4) is 0 Å². The molecule has 0 spiro atoms. The van der Waals surface area contributed by atoms with Crippen molar-refractivity contribution in [1.82, 2.24) is 39.0 Å². The summed E-state index contributed by atoms with van der Waals surface area (Å²) in [5, 5.41) is 4.34. The SMILES string of the molecule is c1ccc(-c2nc(-c3ccc4c(c3)-c3ccccc3C4(c3ccccc3)c3ccccc3)nc(-c3ccccc3-n3c4ccccc4c4c3ccc3c5ccccc5n(-c5nc(-c6ccccc6)nc(-c6ccccc6)n5)c34)n2)cc1. The van der Waals surface area contributed by atoms with E-state index in [1.807, 2.05) is 78.9 Å². The highest BCUT2D eigenvalue weighted by Gasteiger charge is 2.46. The number of benzene rings is 11. The Bertz CT molecular complexity index is 4820. The number of rotatable bonds is 9. The Morgan fingerprint density at radius 2 is 0.728 bits per heavy atom. The molecule has 4 aromatic heterocycles. The van der Waals surface area contributed by atoms with E-state index in [-0.39, 0.29) is 0 Å². The minimum absolute atomic E-state index is 0.533. The predicted molar refractivity (Wildman–Crippen MR) is 326 cm³/mol. The highest BCUT2D eigenvalue weighted by Crippen LogP contribution is 2.56. The third kappa shape index (κ3) is 7.24. The van der Waals surface area contributed by atoms with Crippen molar-refractivity contribution in [1.29, 1.82) is 0 Å². The zero-order valence-electron chi connectivity index (χ0n) is 43.6. The molecule has 11 aromatic carbocycles. The fourth-order valence-corrected chi connectivity index (χ4v) is 12.7. The molecule has 1 aliphatic rings. The van der Waals surface area contributed by atoms with Crippen LogP contribution in [0.15, 0.2) is 279 Å². The van der Waals surface area contributed by atoms with Crippen molar-refractivity contribution >= 4 is 43.6 Å². The summed E-state index contributed by atoms with van der Waals surface area (Å²) < 4.78 is 4.60. The molecule has 0 saturated carbocycles. The molecule has 15 aromatic rings. The Morgan fingerprint density at radius 3 is 1.35 bits per heavy atom. The van der Waals surface area contributed by atoms with Gasteiger partial charge in [0, 0.05) is 49.4 Å². The van der Waals surface area contributed by atoms with Gasteiger partial charge in [-0.15, -0.1) is 0 Å². The van der Waals surface area contributed by atoms with Crippen LogP contribution in [0.25, 0.3) is 123 Å². The van der Waals surface area contributed by atoms with E-state index in [1.54, 1.807) is 0 Å². The van der Waals surface area contributed by atoms with Crippen molar-refractivity contribution in [2.75, 3.05) is 0 Å². The molecular formula is C73H46N8. The second kappa shape index (κ2) is 18.6. The molecule has 0 N–H and O–H groups in total. The normalized spacial score (nSPS) is 12.5. The van der Waals surface area contributed by atoms with E-state index < -0.39 is 5.41 Å². The minimum Gasteiger partial charge on any atom is -0.308 e. The van der Waals surface area contributed by atoms with Crippen molar-refractivity contribution in [3.8, 4) is 79.7 Å². The van der Waals surface area contributed by atoms with E-state index in [0.29, 0.717) is 35.1 Å². The third-order valence-electron chi connectivity index (χ3n) is 16.1. The predicted octanol–water partition coefficient (Wildman–Crippen LogP) is 16.9. The summed E-state index contributed by atoms with van der Waals surface area (Å²) in [7, 11) is 0. The van der Waals surface area contributed by atoms with Gasteiger partial charge in [-0.2, -0.15) is 9.97 Å². The van der Waals surface area contributed by atoms with Gasteiger partial charge in [-0.05, 0) is 69.8 Å². The molecule has 0 radical (unpaired) electrons. The molecule has 0 aliphatic heterocycles. The molecule has 8 nitrogen and oxygen atoms in total. The van der Waals surface area contributed by atoms with E-state index in [1.165, 1.54) is 27.8 Å². The van der Waals surface area contributed by atoms with Crippen molar-refractivity contribution < 1.29 is 0 Å². The number of fused-ring (bicyclic) bond motifs is 10. The Kier molecular flexibility index (Phi) is 10.6. The largest absolute Gasteiger partial charge is 0.308 e. The Labute approximate surface area is 466 Å². The Hall–Kier alpha value is -11.0. The van der Waals surface area contributed by atoms with Crippen LogP contribution in [0.1, 0.15) is 22.3 Å². The van der Waals surface area contributed by atoms with Gasteiger partial charge in [0.05, 0.1) is 33.2 Å². The summed E-state index contributed by atoms with van der Waals surface area (Å²) in [5.41, 5.74) is 16.1. The first-order valence-electron chi connectivity index (χ1n) is 27.3. The molecule has 4 heterocycles. The second-order valence-electron chi connectivity index (χ2n) is 20.6. The topological polar surface area (TPSA) is 87.2 Å². The molecule has 378 valence electrons. The summed E-state index contributed by atoms with van der Waals surface area (Å²) in [6.07, 6.45) is 0. The van der Waals surface area contributed by atoms with Gasteiger partial charge in [-0.3, -0.25) is 4.57 Å². The van der Waals surface area contributed by atoms with E-state index in [9.17, 15) is 0 Å². The molecule has 81 heavy (non-hydrogen) atoms. The number of hydrogen-bond donors (Lipinski definition) is 0. The van der Waals surface area contributed by atoms with E-state index in [2.05, 4.69) is 209 Å². The molecule has 0 bridgehead atoms. The fourth-order valence-electron chi connectivity index (χ4n) is 12.7. The Balaban J connectivity index is 0.921. The lowest BCUT2D eigenvalue weighted by Crippen LogP contribution is -2.28. The highest BCUT2D eigenvalue weighted by molar-refractivity contribution is 6.26. The van der Waals surface area contributed by atoms with Gasteiger partial charge >= 0.3 is 0 Å². The molecule has 0 atom stereocenters. The molecule has 0 saturated heterocycles. The maximum atomic E-state index is 5.50. The van der Waals surface area contributed by atoms with Gasteiger partial charge in [0.15, 0.2) is 29.1 Å². The number of nitrogens with zero attached hydrogens (tertiary/aromatic N) is 8. The molecule has 1 aliphatic carbocycles. The smallest absolute Gasteiger partial charge is 0.238 e. The van der Waals surface area contributed by atoms with Crippen LogP contribution in [-0.4, -0.2) is 39.0 Å². The van der Waals surface area contributed by atoms with Crippen molar-refractivity contribution in [3.63, 3.8) is 0 Å². The number of hydrogen-bond acceptors (Lipinski definition) is 6. The van der Waals surface area contributed by atoms with Gasteiger partial charge in [-0.25, -0.2) is 19.9 Å². The first-order valence-corrected chi connectivity index (χ1v) is 27.3. The van der Waals surface area contributed by atoms with Gasteiger partial charge in [-0.1, -0.05) is 243 Å². The zero-order valence-corrected chi connectivity index (χ0v) is 43.6. The van der Waals surface area contributed by atoms with Crippen LogP contribution in [0.4, 0.5) is 0 Å².